The topological polar surface area (TPSA) is 37.3 Å². The molecule has 5 rings (SSSR count). The van der Waals surface area contributed by atoms with Crippen molar-refractivity contribution in [2.24, 2.45) is 35.0 Å². The predicted molar refractivity (Wildman–Crippen MR) is 55.2 cm³/mol. The van der Waals surface area contributed by atoms with Crippen LogP contribution < -0.4 is 0 Å². The number of carbonyl (C=O) groups is 1. The molecule has 1 unspecified atom stereocenters. The Labute approximate surface area is 90.1 Å². The standard InChI is InChI=1S/C13H18O2/c14-12(15)11-6-13(11)9-2-7-1-8(4-9)5-10(13)3-7/h7-11H,1-6H2,(H,14,15). The van der Waals surface area contributed by atoms with Crippen LogP contribution >= 0.6 is 0 Å². The highest BCUT2D eigenvalue weighted by atomic mass is 16.4. The fraction of sp³-hybridized carbons (Fsp3) is 0.923. The lowest BCUT2D eigenvalue weighted by molar-refractivity contribution is -0.143. The molecule has 15 heavy (non-hydrogen) atoms. The molecule has 0 aromatic carbocycles. The fourth-order valence-corrected chi connectivity index (χ4v) is 5.58. The Kier molecular flexibility index (Phi) is 1.38. The summed E-state index contributed by atoms with van der Waals surface area (Å²) in [4.78, 5) is 11.2. The summed E-state index contributed by atoms with van der Waals surface area (Å²) in [7, 11) is 0. The Morgan fingerprint density at radius 2 is 1.53 bits per heavy atom. The Hall–Kier alpha value is -0.530. The third-order valence-corrected chi connectivity index (χ3v) is 6.00. The van der Waals surface area contributed by atoms with Gasteiger partial charge in [0.05, 0.1) is 5.92 Å². The molecule has 4 bridgehead atoms. The number of aliphatic carboxylic acids is 1. The van der Waals surface area contributed by atoms with E-state index in [1.165, 1.54) is 32.1 Å². The van der Waals surface area contributed by atoms with Gasteiger partial charge in [-0.1, -0.05) is 0 Å². The van der Waals surface area contributed by atoms with Crippen molar-refractivity contribution >= 4 is 5.97 Å². The molecule has 0 aliphatic heterocycles. The second kappa shape index (κ2) is 2.41. The van der Waals surface area contributed by atoms with Crippen molar-refractivity contribution < 1.29 is 9.90 Å². The van der Waals surface area contributed by atoms with E-state index >= 15 is 0 Å². The van der Waals surface area contributed by atoms with Gasteiger partial charge in [-0.15, -0.1) is 0 Å². The fourth-order valence-electron chi connectivity index (χ4n) is 5.58. The van der Waals surface area contributed by atoms with Crippen LogP contribution in [0.5, 0.6) is 0 Å². The van der Waals surface area contributed by atoms with Gasteiger partial charge in [0, 0.05) is 0 Å². The third kappa shape index (κ3) is 0.896. The first-order chi connectivity index (χ1) is 7.20. The molecule has 5 fully saturated rings. The summed E-state index contributed by atoms with van der Waals surface area (Å²) < 4.78 is 0. The number of carboxylic acid groups (broad SMARTS) is 1. The van der Waals surface area contributed by atoms with Crippen LogP contribution in [0, 0.1) is 35.0 Å². The molecular weight excluding hydrogens is 188 g/mol. The van der Waals surface area contributed by atoms with Crippen LogP contribution in [0.1, 0.15) is 38.5 Å². The zero-order valence-electron chi connectivity index (χ0n) is 8.98. The maximum absolute atomic E-state index is 11.2. The van der Waals surface area contributed by atoms with Crippen LogP contribution in [0.3, 0.4) is 0 Å². The van der Waals surface area contributed by atoms with Crippen LogP contribution in [-0.2, 0) is 4.79 Å². The second-order valence-corrected chi connectivity index (χ2v) is 6.51. The molecule has 0 aromatic heterocycles. The van der Waals surface area contributed by atoms with Gasteiger partial charge in [-0.2, -0.15) is 0 Å². The third-order valence-electron chi connectivity index (χ3n) is 6.00. The summed E-state index contributed by atoms with van der Waals surface area (Å²) >= 11 is 0. The van der Waals surface area contributed by atoms with Crippen molar-refractivity contribution in [1.29, 1.82) is 0 Å². The van der Waals surface area contributed by atoms with Gasteiger partial charge in [-0.3, -0.25) is 4.79 Å². The molecule has 5 aliphatic rings. The SMILES string of the molecule is O=C(O)C1CC12C1CC3CC(C1)CC2C3. The Morgan fingerprint density at radius 3 is 1.93 bits per heavy atom. The minimum atomic E-state index is -0.512. The van der Waals surface area contributed by atoms with E-state index in [2.05, 4.69) is 0 Å². The summed E-state index contributed by atoms with van der Waals surface area (Å²) in [5, 5.41) is 9.20. The average Bonchev–Trinajstić information content (AvgIpc) is 2.89. The molecule has 0 radical (unpaired) electrons. The highest BCUT2D eigenvalue weighted by molar-refractivity contribution is 5.75. The molecule has 0 heterocycles. The van der Waals surface area contributed by atoms with Crippen molar-refractivity contribution in [1.82, 2.24) is 0 Å². The smallest absolute Gasteiger partial charge is 0.307 e. The van der Waals surface area contributed by atoms with Gasteiger partial charge in [0.2, 0.25) is 0 Å². The second-order valence-electron chi connectivity index (χ2n) is 6.51. The van der Waals surface area contributed by atoms with E-state index in [0.29, 0.717) is 5.41 Å². The number of rotatable bonds is 1. The Bertz CT molecular complexity index is 305. The van der Waals surface area contributed by atoms with E-state index in [-0.39, 0.29) is 5.92 Å². The summed E-state index contributed by atoms with van der Waals surface area (Å²) in [5.74, 6) is 3.03. The zero-order chi connectivity index (χ0) is 10.2. The molecule has 2 heteroatoms. The van der Waals surface area contributed by atoms with Crippen molar-refractivity contribution in [2.75, 3.05) is 0 Å². The molecule has 5 saturated carbocycles. The first-order valence-corrected chi connectivity index (χ1v) is 6.43. The first-order valence-electron chi connectivity index (χ1n) is 6.43. The normalized spacial score (nSPS) is 59.9. The lowest BCUT2D eigenvalue weighted by Crippen LogP contribution is -2.47. The molecule has 5 aliphatic carbocycles. The van der Waals surface area contributed by atoms with Gasteiger partial charge in [0.15, 0.2) is 0 Å². The van der Waals surface area contributed by atoms with E-state index in [1.807, 2.05) is 0 Å². The predicted octanol–water partition coefficient (Wildman–Crippen LogP) is 2.53. The van der Waals surface area contributed by atoms with Gasteiger partial charge in [-0.25, -0.2) is 0 Å². The molecule has 0 aromatic rings. The van der Waals surface area contributed by atoms with Crippen LogP contribution in [0.25, 0.3) is 0 Å². The monoisotopic (exact) mass is 206 g/mol. The zero-order valence-corrected chi connectivity index (χ0v) is 8.98. The maximum atomic E-state index is 11.2. The van der Waals surface area contributed by atoms with Crippen LogP contribution in [0.15, 0.2) is 0 Å². The van der Waals surface area contributed by atoms with Gasteiger partial charge < -0.3 is 5.11 Å². The lowest BCUT2D eigenvalue weighted by atomic mass is 9.49. The first kappa shape index (κ1) is 8.60. The van der Waals surface area contributed by atoms with Crippen LogP contribution in [-0.4, -0.2) is 11.1 Å². The summed E-state index contributed by atoms with van der Waals surface area (Å²) in [6.07, 6.45) is 7.90. The minimum Gasteiger partial charge on any atom is -0.481 e. The van der Waals surface area contributed by atoms with Gasteiger partial charge in [0.25, 0.3) is 0 Å². The molecule has 1 atom stereocenters. The summed E-state index contributed by atoms with van der Waals surface area (Å²) in [6, 6.07) is 0. The van der Waals surface area contributed by atoms with E-state index in [0.717, 1.165) is 30.1 Å². The highest BCUT2D eigenvalue weighted by Gasteiger charge is 2.70. The van der Waals surface area contributed by atoms with E-state index in [1.54, 1.807) is 0 Å². The van der Waals surface area contributed by atoms with E-state index in [9.17, 15) is 9.90 Å². The van der Waals surface area contributed by atoms with Crippen LogP contribution in [0.2, 0.25) is 0 Å². The maximum Gasteiger partial charge on any atom is 0.307 e. The number of hydrogen-bond acceptors (Lipinski definition) is 1. The Balaban J connectivity index is 1.70. The van der Waals surface area contributed by atoms with Gasteiger partial charge in [-0.05, 0) is 67.6 Å². The number of hydrogen-bond donors (Lipinski definition) is 1. The average molecular weight is 206 g/mol. The molecule has 1 spiro atoms. The van der Waals surface area contributed by atoms with E-state index < -0.39 is 5.97 Å². The van der Waals surface area contributed by atoms with Crippen molar-refractivity contribution in [3.63, 3.8) is 0 Å². The highest BCUT2D eigenvalue weighted by Crippen LogP contribution is 2.74. The molecule has 82 valence electrons. The van der Waals surface area contributed by atoms with Gasteiger partial charge in [0.1, 0.15) is 0 Å². The Morgan fingerprint density at radius 1 is 1.00 bits per heavy atom. The minimum absolute atomic E-state index is 0.0347. The molecule has 0 amide bonds. The van der Waals surface area contributed by atoms with Gasteiger partial charge >= 0.3 is 5.97 Å². The molecule has 2 nitrogen and oxygen atoms in total. The quantitative estimate of drug-likeness (QED) is 0.715. The largest absolute Gasteiger partial charge is 0.481 e. The van der Waals surface area contributed by atoms with E-state index in [4.69, 9.17) is 0 Å². The summed E-state index contributed by atoms with van der Waals surface area (Å²) in [6.45, 7) is 0. The summed E-state index contributed by atoms with van der Waals surface area (Å²) in [5.41, 5.74) is 0.291. The van der Waals surface area contributed by atoms with Crippen molar-refractivity contribution in [3.05, 3.63) is 0 Å². The van der Waals surface area contributed by atoms with Crippen molar-refractivity contribution in [3.8, 4) is 0 Å². The lowest BCUT2D eigenvalue weighted by Gasteiger charge is -2.55. The molecule has 0 saturated heterocycles. The molecular formula is C13H18O2. The number of carboxylic acids is 1. The van der Waals surface area contributed by atoms with Crippen LogP contribution in [0.4, 0.5) is 0 Å². The van der Waals surface area contributed by atoms with Crippen molar-refractivity contribution in [2.45, 2.75) is 38.5 Å². The molecule has 1 N–H and O–H groups in total.